The third kappa shape index (κ3) is 6.91. The first kappa shape index (κ1) is 13.0. The molecule has 0 atom stereocenters. The van der Waals surface area contributed by atoms with Crippen molar-refractivity contribution < 1.29 is 4.74 Å². The minimum atomic E-state index is 0.849. The first-order valence-electron chi connectivity index (χ1n) is 6.72. The van der Waals surface area contributed by atoms with Gasteiger partial charge in [-0.3, -0.25) is 0 Å². The van der Waals surface area contributed by atoms with Gasteiger partial charge in [-0.25, -0.2) is 0 Å². The monoisotopic (exact) mass is 213 g/mol. The summed E-state index contributed by atoms with van der Waals surface area (Å²) >= 11 is 0. The molecule has 15 heavy (non-hydrogen) atoms. The smallest absolute Gasteiger partial charge is 0.0477 e. The van der Waals surface area contributed by atoms with E-state index in [0.29, 0.717) is 0 Å². The Morgan fingerprint density at radius 3 is 2.67 bits per heavy atom. The third-order valence-corrected chi connectivity index (χ3v) is 3.30. The molecule has 0 saturated heterocycles. The van der Waals surface area contributed by atoms with Crippen LogP contribution in [0.1, 0.15) is 51.9 Å². The summed E-state index contributed by atoms with van der Waals surface area (Å²) < 4.78 is 5.29. The van der Waals surface area contributed by atoms with Crippen LogP contribution in [0, 0.1) is 5.92 Å². The molecule has 1 N–H and O–H groups in total. The molecule has 1 aliphatic carbocycles. The average Bonchev–Trinajstić information content (AvgIpc) is 2.29. The predicted octanol–water partition coefficient (Wildman–Crippen LogP) is 2.97. The zero-order valence-electron chi connectivity index (χ0n) is 10.3. The van der Waals surface area contributed by atoms with Gasteiger partial charge in [0.15, 0.2) is 0 Å². The van der Waals surface area contributed by atoms with Crippen LogP contribution in [0.15, 0.2) is 0 Å². The van der Waals surface area contributed by atoms with Gasteiger partial charge in [-0.1, -0.05) is 32.1 Å². The van der Waals surface area contributed by atoms with E-state index in [9.17, 15) is 0 Å². The zero-order chi connectivity index (χ0) is 10.8. The Morgan fingerprint density at radius 2 is 1.93 bits per heavy atom. The Hall–Kier alpha value is -0.0800. The standard InChI is InChI=1S/C13H27NO/c1-2-15-12-6-10-14-11-9-13-7-4-3-5-8-13/h13-14H,2-12H2,1H3. The highest BCUT2D eigenvalue weighted by atomic mass is 16.5. The summed E-state index contributed by atoms with van der Waals surface area (Å²) in [5, 5.41) is 3.51. The number of hydrogen-bond acceptors (Lipinski definition) is 2. The molecule has 0 bridgehead atoms. The van der Waals surface area contributed by atoms with Crippen LogP contribution < -0.4 is 5.32 Å². The first-order chi connectivity index (χ1) is 7.43. The summed E-state index contributed by atoms with van der Waals surface area (Å²) in [4.78, 5) is 0. The Labute approximate surface area is 94.8 Å². The summed E-state index contributed by atoms with van der Waals surface area (Å²) in [6.07, 6.45) is 9.89. The van der Waals surface area contributed by atoms with Gasteiger partial charge in [0.05, 0.1) is 0 Å². The second-order valence-corrected chi connectivity index (χ2v) is 4.59. The van der Waals surface area contributed by atoms with Crippen molar-refractivity contribution in [1.29, 1.82) is 0 Å². The Morgan fingerprint density at radius 1 is 1.13 bits per heavy atom. The molecule has 1 saturated carbocycles. The summed E-state index contributed by atoms with van der Waals surface area (Å²) in [6, 6.07) is 0. The molecular formula is C13H27NO. The largest absolute Gasteiger partial charge is 0.382 e. The van der Waals surface area contributed by atoms with E-state index < -0.39 is 0 Å². The van der Waals surface area contributed by atoms with E-state index in [1.54, 1.807) is 0 Å². The molecule has 90 valence electrons. The average molecular weight is 213 g/mol. The van der Waals surface area contributed by atoms with Gasteiger partial charge in [0.2, 0.25) is 0 Å². The van der Waals surface area contributed by atoms with E-state index in [0.717, 1.165) is 32.1 Å². The van der Waals surface area contributed by atoms with Crippen molar-refractivity contribution in [3.63, 3.8) is 0 Å². The molecule has 2 nitrogen and oxygen atoms in total. The van der Waals surface area contributed by atoms with E-state index in [2.05, 4.69) is 12.2 Å². The summed E-state index contributed by atoms with van der Waals surface area (Å²) in [5.74, 6) is 1.01. The van der Waals surface area contributed by atoms with Crippen molar-refractivity contribution in [3.05, 3.63) is 0 Å². The quantitative estimate of drug-likeness (QED) is 0.626. The Bertz CT molecular complexity index is 132. The maximum Gasteiger partial charge on any atom is 0.0477 e. The van der Waals surface area contributed by atoms with Crippen LogP contribution in [0.2, 0.25) is 0 Å². The number of hydrogen-bond donors (Lipinski definition) is 1. The molecule has 0 aromatic carbocycles. The van der Waals surface area contributed by atoms with E-state index in [-0.39, 0.29) is 0 Å². The molecule has 0 radical (unpaired) electrons. The Kier molecular flexibility index (Phi) is 7.94. The summed E-state index contributed by atoms with van der Waals surface area (Å²) in [5.41, 5.74) is 0. The van der Waals surface area contributed by atoms with Crippen molar-refractivity contribution in [2.75, 3.05) is 26.3 Å². The highest BCUT2D eigenvalue weighted by molar-refractivity contribution is 4.66. The zero-order valence-corrected chi connectivity index (χ0v) is 10.3. The van der Waals surface area contributed by atoms with Gasteiger partial charge in [0.25, 0.3) is 0 Å². The van der Waals surface area contributed by atoms with Gasteiger partial charge in [-0.05, 0) is 38.8 Å². The topological polar surface area (TPSA) is 21.3 Å². The fraction of sp³-hybridized carbons (Fsp3) is 1.00. The van der Waals surface area contributed by atoms with E-state index in [1.807, 2.05) is 0 Å². The van der Waals surface area contributed by atoms with Crippen molar-refractivity contribution in [3.8, 4) is 0 Å². The second-order valence-electron chi connectivity index (χ2n) is 4.59. The highest BCUT2D eigenvalue weighted by Crippen LogP contribution is 2.25. The molecule has 2 heteroatoms. The lowest BCUT2D eigenvalue weighted by atomic mass is 9.87. The minimum absolute atomic E-state index is 0.849. The normalized spacial score (nSPS) is 18.2. The maximum atomic E-state index is 5.29. The van der Waals surface area contributed by atoms with Crippen molar-refractivity contribution in [2.24, 2.45) is 5.92 Å². The van der Waals surface area contributed by atoms with Crippen LogP contribution in [0.4, 0.5) is 0 Å². The number of nitrogens with one attached hydrogen (secondary N) is 1. The van der Waals surface area contributed by atoms with Gasteiger partial charge in [-0.15, -0.1) is 0 Å². The van der Waals surface area contributed by atoms with Crippen LogP contribution >= 0.6 is 0 Å². The molecule has 0 unspecified atom stereocenters. The number of rotatable bonds is 8. The lowest BCUT2D eigenvalue weighted by Crippen LogP contribution is -2.21. The van der Waals surface area contributed by atoms with Gasteiger partial charge >= 0.3 is 0 Å². The molecule has 1 fully saturated rings. The molecule has 0 amide bonds. The summed E-state index contributed by atoms with van der Waals surface area (Å²) in [6.45, 7) is 6.13. The molecule has 0 spiro atoms. The molecule has 0 aliphatic heterocycles. The third-order valence-electron chi connectivity index (χ3n) is 3.30. The van der Waals surface area contributed by atoms with E-state index in [4.69, 9.17) is 4.74 Å². The van der Waals surface area contributed by atoms with E-state index in [1.165, 1.54) is 45.1 Å². The maximum absolute atomic E-state index is 5.29. The van der Waals surface area contributed by atoms with Crippen molar-refractivity contribution in [1.82, 2.24) is 5.32 Å². The van der Waals surface area contributed by atoms with Crippen molar-refractivity contribution >= 4 is 0 Å². The van der Waals surface area contributed by atoms with Gasteiger partial charge < -0.3 is 10.1 Å². The van der Waals surface area contributed by atoms with Crippen molar-refractivity contribution in [2.45, 2.75) is 51.9 Å². The van der Waals surface area contributed by atoms with E-state index >= 15 is 0 Å². The Balaban J connectivity index is 1.79. The van der Waals surface area contributed by atoms with Crippen LogP contribution in [-0.2, 0) is 4.74 Å². The SMILES string of the molecule is CCOCCCNCCC1CCCCC1. The number of ether oxygens (including phenoxy) is 1. The van der Waals surface area contributed by atoms with Crippen LogP contribution in [0.5, 0.6) is 0 Å². The molecular weight excluding hydrogens is 186 g/mol. The second kappa shape index (κ2) is 9.17. The highest BCUT2D eigenvalue weighted by Gasteiger charge is 2.12. The fourth-order valence-electron chi connectivity index (χ4n) is 2.35. The predicted molar refractivity (Wildman–Crippen MR) is 65.2 cm³/mol. The molecule has 1 aliphatic rings. The van der Waals surface area contributed by atoms with Gasteiger partial charge in [-0.2, -0.15) is 0 Å². The lowest BCUT2D eigenvalue weighted by molar-refractivity contribution is 0.144. The molecule has 0 heterocycles. The van der Waals surface area contributed by atoms with Crippen LogP contribution in [0.25, 0.3) is 0 Å². The first-order valence-corrected chi connectivity index (χ1v) is 6.72. The fourth-order valence-corrected chi connectivity index (χ4v) is 2.35. The lowest BCUT2D eigenvalue weighted by Gasteiger charge is -2.21. The van der Waals surface area contributed by atoms with Gasteiger partial charge in [0, 0.05) is 13.2 Å². The van der Waals surface area contributed by atoms with Crippen LogP contribution in [-0.4, -0.2) is 26.3 Å². The minimum Gasteiger partial charge on any atom is -0.382 e. The van der Waals surface area contributed by atoms with Gasteiger partial charge in [0.1, 0.15) is 0 Å². The summed E-state index contributed by atoms with van der Waals surface area (Å²) in [7, 11) is 0. The molecule has 0 aromatic rings. The van der Waals surface area contributed by atoms with Crippen LogP contribution in [0.3, 0.4) is 0 Å². The molecule has 0 aromatic heterocycles. The molecule has 1 rings (SSSR count).